The smallest absolute Gasteiger partial charge is 0.397 e. The number of piperazine rings is 1. The normalized spacial score (nSPS) is 16.5. The average molecular weight is 593 g/mol. The molecule has 43 heavy (non-hydrogen) atoms. The van der Waals surface area contributed by atoms with Crippen molar-refractivity contribution >= 4 is 17.3 Å². The van der Waals surface area contributed by atoms with E-state index < -0.39 is 11.7 Å². The maximum absolute atomic E-state index is 13.3. The van der Waals surface area contributed by atoms with Gasteiger partial charge in [-0.1, -0.05) is 30.3 Å². The number of aromatic nitrogens is 1. The molecule has 0 radical (unpaired) electrons. The number of carbonyl (C=O) groups is 1. The first-order valence-corrected chi connectivity index (χ1v) is 13.9. The molecule has 1 aliphatic rings. The molecule has 0 bridgehead atoms. The minimum atomic E-state index is -4.43. The van der Waals surface area contributed by atoms with Gasteiger partial charge in [0.25, 0.3) is 5.91 Å². The predicted octanol–water partition coefficient (Wildman–Crippen LogP) is 5.78. The number of nitrogens with two attached hydrogens (primary N) is 2. The van der Waals surface area contributed by atoms with Gasteiger partial charge in [-0.25, -0.2) is 4.39 Å². The second-order valence-corrected chi connectivity index (χ2v) is 10.6. The van der Waals surface area contributed by atoms with Gasteiger partial charge in [-0.3, -0.25) is 9.78 Å². The van der Waals surface area contributed by atoms with Crippen LogP contribution in [0.5, 0.6) is 0 Å². The molecule has 1 saturated heterocycles. The number of amides is 1. The van der Waals surface area contributed by atoms with Gasteiger partial charge in [0.15, 0.2) is 0 Å². The molecule has 1 amide bonds. The standard InChI is InChI=1S/C32H32F4N6O/c33-25-7-4-20(5-8-25)21-6-9-27(38)28(17-21)41-31(43)23-3-1-2-22(16-23)26(37)11-14-42-15-13-40-30(19-42)29-18-24(10-12-39-29)32(34,35)36/h1-10,12,16-18,26,30,40H,11,13-15,19,37-38H2,(H,41,43). The van der Waals surface area contributed by atoms with Gasteiger partial charge in [-0.2, -0.15) is 13.2 Å². The Morgan fingerprint density at radius 2 is 1.81 bits per heavy atom. The lowest BCUT2D eigenvalue weighted by atomic mass is 10.0. The minimum absolute atomic E-state index is 0.326. The zero-order chi connectivity index (χ0) is 30.6. The van der Waals surface area contributed by atoms with Gasteiger partial charge >= 0.3 is 6.18 Å². The van der Waals surface area contributed by atoms with Crippen LogP contribution in [0.15, 0.2) is 85.1 Å². The SMILES string of the molecule is Nc1ccc(-c2ccc(F)cc2)cc1NC(=O)c1cccc(C(N)CCN2CCNC(c3cc(C(F)(F)F)ccn3)C2)c1. The number of hydrogen-bond donors (Lipinski definition) is 4. The van der Waals surface area contributed by atoms with E-state index in [2.05, 4.69) is 20.5 Å². The summed E-state index contributed by atoms with van der Waals surface area (Å²) in [5.41, 5.74) is 15.9. The van der Waals surface area contributed by atoms with E-state index in [1.54, 1.807) is 48.5 Å². The molecule has 4 aromatic rings. The van der Waals surface area contributed by atoms with Crippen LogP contribution in [0.2, 0.25) is 0 Å². The molecule has 5 rings (SSSR count). The number of rotatable bonds is 8. The van der Waals surface area contributed by atoms with E-state index in [1.807, 2.05) is 6.07 Å². The Hall–Kier alpha value is -4.32. The van der Waals surface area contributed by atoms with E-state index in [9.17, 15) is 22.4 Å². The van der Waals surface area contributed by atoms with Crippen LogP contribution in [0, 0.1) is 5.82 Å². The van der Waals surface area contributed by atoms with Crippen molar-refractivity contribution in [2.24, 2.45) is 5.73 Å². The van der Waals surface area contributed by atoms with E-state index in [-0.39, 0.29) is 23.8 Å². The lowest BCUT2D eigenvalue weighted by molar-refractivity contribution is -0.137. The van der Waals surface area contributed by atoms with Gasteiger partial charge in [0.1, 0.15) is 5.82 Å². The van der Waals surface area contributed by atoms with Crippen molar-refractivity contribution in [1.82, 2.24) is 15.2 Å². The Kier molecular flexibility index (Phi) is 9.05. The number of anilines is 2. The van der Waals surface area contributed by atoms with Crippen molar-refractivity contribution in [3.63, 3.8) is 0 Å². The van der Waals surface area contributed by atoms with Crippen molar-refractivity contribution in [2.75, 3.05) is 37.2 Å². The number of carbonyl (C=O) groups excluding carboxylic acids is 1. The number of alkyl halides is 3. The molecule has 2 unspecified atom stereocenters. The highest BCUT2D eigenvalue weighted by atomic mass is 19.4. The first-order valence-electron chi connectivity index (χ1n) is 13.9. The van der Waals surface area contributed by atoms with Gasteiger partial charge < -0.3 is 27.0 Å². The van der Waals surface area contributed by atoms with E-state index in [0.29, 0.717) is 48.7 Å². The second-order valence-electron chi connectivity index (χ2n) is 10.6. The quantitative estimate of drug-likeness (QED) is 0.153. The summed E-state index contributed by atoms with van der Waals surface area (Å²) >= 11 is 0. The number of benzene rings is 3. The van der Waals surface area contributed by atoms with Gasteiger partial charge in [-0.05, 0) is 71.6 Å². The fourth-order valence-corrected chi connectivity index (χ4v) is 5.11. The van der Waals surface area contributed by atoms with E-state index in [1.165, 1.54) is 18.3 Å². The number of nitrogens with zero attached hydrogens (tertiary/aromatic N) is 2. The molecule has 6 N–H and O–H groups in total. The van der Waals surface area contributed by atoms with Gasteiger partial charge in [-0.15, -0.1) is 0 Å². The molecule has 2 atom stereocenters. The van der Waals surface area contributed by atoms with Gasteiger partial charge in [0.05, 0.1) is 28.7 Å². The summed E-state index contributed by atoms with van der Waals surface area (Å²) in [7, 11) is 0. The third kappa shape index (κ3) is 7.56. The molecule has 1 aliphatic heterocycles. The fraction of sp³-hybridized carbons (Fsp3) is 0.250. The summed E-state index contributed by atoms with van der Waals surface area (Å²) in [5, 5.41) is 6.11. The van der Waals surface area contributed by atoms with Crippen LogP contribution in [0.3, 0.4) is 0 Å². The van der Waals surface area contributed by atoms with E-state index in [0.717, 1.165) is 35.4 Å². The molecule has 3 aromatic carbocycles. The van der Waals surface area contributed by atoms with Crippen LogP contribution in [0.1, 0.15) is 45.7 Å². The molecule has 0 spiro atoms. The summed E-state index contributed by atoms with van der Waals surface area (Å²) in [6.07, 6.45) is -2.65. The highest BCUT2D eigenvalue weighted by Gasteiger charge is 2.32. The lowest BCUT2D eigenvalue weighted by Crippen LogP contribution is -2.46. The number of nitrogen functional groups attached to an aromatic ring is 1. The second kappa shape index (κ2) is 12.9. The van der Waals surface area contributed by atoms with E-state index in [4.69, 9.17) is 11.5 Å². The maximum atomic E-state index is 13.3. The Morgan fingerprint density at radius 1 is 1.05 bits per heavy atom. The van der Waals surface area contributed by atoms with Crippen molar-refractivity contribution < 1.29 is 22.4 Å². The Balaban J connectivity index is 1.20. The number of halogens is 4. The van der Waals surface area contributed by atoms with Crippen molar-refractivity contribution in [3.8, 4) is 11.1 Å². The van der Waals surface area contributed by atoms with Crippen LogP contribution >= 0.6 is 0 Å². The molecule has 1 aromatic heterocycles. The summed E-state index contributed by atoms with van der Waals surface area (Å²) < 4.78 is 52.8. The number of hydrogen-bond acceptors (Lipinski definition) is 6. The maximum Gasteiger partial charge on any atom is 0.416 e. The number of pyridine rings is 1. The van der Waals surface area contributed by atoms with Crippen LogP contribution in [-0.2, 0) is 6.18 Å². The molecule has 2 heterocycles. The van der Waals surface area contributed by atoms with Crippen LogP contribution < -0.4 is 22.1 Å². The topological polar surface area (TPSA) is 109 Å². The minimum Gasteiger partial charge on any atom is -0.397 e. The largest absolute Gasteiger partial charge is 0.416 e. The summed E-state index contributed by atoms with van der Waals surface area (Å²) in [5.74, 6) is -0.689. The van der Waals surface area contributed by atoms with Crippen LogP contribution in [-0.4, -0.2) is 42.0 Å². The Bertz CT molecular complexity index is 1580. The van der Waals surface area contributed by atoms with Crippen LogP contribution in [0.4, 0.5) is 28.9 Å². The fourth-order valence-electron chi connectivity index (χ4n) is 5.11. The Labute approximate surface area is 246 Å². The zero-order valence-corrected chi connectivity index (χ0v) is 23.2. The van der Waals surface area contributed by atoms with Crippen molar-refractivity contribution in [2.45, 2.75) is 24.7 Å². The highest BCUT2D eigenvalue weighted by Crippen LogP contribution is 2.31. The van der Waals surface area contributed by atoms with Gasteiger partial charge in [0.2, 0.25) is 0 Å². The summed E-state index contributed by atoms with van der Waals surface area (Å²) in [6, 6.07) is 19.7. The summed E-state index contributed by atoms with van der Waals surface area (Å²) in [4.78, 5) is 19.5. The molecule has 0 aliphatic carbocycles. The van der Waals surface area contributed by atoms with Crippen LogP contribution in [0.25, 0.3) is 11.1 Å². The summed E-state index contributed by atoms with van der Waals surface area (Å²) in [6.45, 7) is 2.46. The first-order chi connectivity index (χ1) is 20.6. The van der Waals surface area contributed by atoms with Gasteiger partial charge in [0, 0.05) is 44.0 Å². The highest BCUT2D eigenvalue weighted by molar-refractivity contribution is 6.06. The molecular weight excluding hydrogens is 560 g/mol. The van der Waals surface area contributed by atoms with E-state index >= 15 is 0 Å². The Morgan fingerprint density at radius 3 is 2.58 bits per heavy atom. The molecule has 224 valence electrons. The van der Waals surface area contributed by atoms with Crippen molar-refractivity contribution in [3.05, 3.63) is 113 Å². The third-order valence-electron chi connectivity index (χ3n) is 7.54. The van der Waals surface area contributed by atoms with Crippen molar-refractivity contribution in [1.29, 1.82) is 0 Å². The first kappa shape index (κ1) is 30.1. The lowest BCUT2D eigenvalue weighted by Gasteiger charge is -2.34. The third-order valence-corrected chi connectivity index (χ3v) is 7.54. The number of nitrogens with one attached hydrogen (secondary N) is 2. The zero-order valence-electron chi connectivity index (χ0n) is 23.2. The molecule has 11 heteroatoms. The molecule has 1 fully saturated rings. The molecule has 7 nitrogen and oxygen atoms in total. The predicted molar refractivity (Wildman–Crippen MR) is 159 cm³/mol. The monoisotopic (exact) mass is 592 g/mol. The molecular formula is C32H32F4N6O. The molecule has 0 saturated carbocycles. The average Bonchev–Trinajstić information content (AvgIpc) is 3.01.